The molecule has 0 atom stereocenters. The number of rotatable bonds is 5. The molecule has 0 fully saturated rings. The third kappa shape index (κ3) is 11.7. The molecule has 9 heteroatoms. The third-order valence-electron chi connectivity index (χ3n) is 1.45. The van der Waals surface area contributed by atoms with Crippen LogP contribution in [-0.2, 0) is 10.1 Å². The van der Waals surface area contributed by atoms with Gasteiger partial charge in [0, 0.05) is 0 Å². The number of unbranched alkanes of at least 4 members (excludes halogenated alkanes) is 3. The predicted octanol–water partition coefficient (Wildman–Crippen LogP) is 0.858. The minimum Gasteiger partial charge on any atom is -0.330 e. The summed E-state index contributed by atoms with van der Waals surface area (Å²) in [6.45, 7) is 1.65. The van der Waals surface area contributed by atoms with E-state index in [1.54, 1.807) is 0 Å². The Morgan fingerprint density at radius 3 is 1.31 bits per heavy atom. The first-order valence-electron chi connectivity index (χ1n) is 4.60. The minimum atomic E-state index is -5.84. The average Bonchev–Trinajstić information content (AvgIpc) is 2.10. The van der Waals surface area contributed by atoms with Crippen molar-refractivity contribution in [2.45, 2.75) is 31.2 Å². The Hall–Kier alpha value is -0.380. The van der Waals surface area contributed by atoms with E-state index in [0.29, 0.717) is 0 Å². The molecule has 0 unspecified atom stereocenters. The molecular weight excluding hydrogens is 249 g/mol. The van der Waals surface area contributed by atoms with Crippen molar-refractivity contribution in [3.05, 3.63) is 0 Å². The molecule has 0 saturated carbocycles. The van der Waals surface area contributed by atoms with Gasteiger partial charge in [-0.2, -0.15) is 21.6 Å². The Morgan fingerprint density at radius 2 is 1.19 bits per heavy atom. The van der Waals surface area contributed by atoms with Crippen LogP contribution in [0.5, 0.6) is 0 Å². The summed E-state index contributed by atoms with van der Waals surface area (Å²) in [6.07, 6.45) is 4.79. The highest BCUT2D eigenvalue weighted by Crippen LogP contribution is 2.20. The average molecular weight is 266 g/mol. The van der Waals surface area contributed by atoms with E-state index < -0.39 is 15.6 Å². The predicted molar refractivity (Wildman–Crippen MR) is 54.2 cm³/mol. The molecule has 0 bridgehead atoms. The SMILES string of the molecule is NCCCCCCN.O=S(=O)(O)C(F)(F)F. The lowest BCUT2D eigenvalue weighted by Crippen LogP contribution is -2.21. The van der Waals surface area contributed by atoms with Crippen molar-refractivity contribution in [3.8, 4) is 0 Å². The normalized spacial score (nSPS) is 11.9. The van der Waals surface area contributed by atoms with Crippen LogP contribution in [-0.4, -0.2) is 31.6 Å². The second-order valence-corrected chi connectivity index (χ2v) is 4.33. The van der Waals surface area contributed by atoms with Crippen molar-refractivity contribution in [3.63, 3.8) is 0 Å². The molecule has 100 valence electrons. The van der Waals surface area contributed by atoms with Gasteiger partial charge >= 0.3 is 15.6 Å². The van der Waals surface area contributed by atoms with E-state index in [4.69, 9.17) is 24.4 Å². The Balaban J connectivity index is 0. The van der Waals surface area contributed by atoms with E-state index in [-0.39, 0.29) is 0 Å². The van der Waals surface area contributed by atoms with Crippen LogP contribution in [0, 0.1) is 0 Å². The van der Waals surface area contributed by atoms with Gasteiger partial charge in [0.15, 0.2) is 0 Å². The smallest absolute Gasteiger partial charge is 0.330 e. The first-order chi connectivity index (χ1) is 7.16. The van der Waals surface area contributed by atoms with E-state index in [0.717, 1.165) is 25.9 Å². The molecular formula is C7H17F3N2O3S. The van der Waals surface area contributed by atoms with Gasteiger partial charge < -0.3 is 11.5 Å². The first kappa shape index (κ1) is 18.0. The highest BCUT2D eigenvalue weighted by atomic mass is 32.2. The van der Waals surface area contributed by atoms with Crippen LogP contribution in [0.4, 0.5) is 13.2 Å². The quantitative estimate of drug-likeness (QED) is 0.388. The molecule has 0 spiro atoms. The second kappa shape index (κ2) is 8.74. The Labute approximate surface area is 92.7 Å². The fourth-order valence-electron chi connectivity index (χ4n) is 0.642. The van der Waals surface area contributed by atoms with Crippen molar-refractivity contribution in [1.82, 2.24) is 0 Å². The fourth-order valence-corrected chi connectivity index (χ4v) is 0.642. The lowest BCUT2D eigenvalue weighted by molar-refractivity contribution is -0.0510. The summed E-state index contributed by atoms with van der Waals surface area (Å²) in [4.78, 5) is 0. The Morgan fingerprint density at radius 1 is 0.938 bits per heavy atom. The van der Waals surface area contributed by atoms with Gasteiger partial charge in [0.1, 0.15) is 0 Å². The molecule has 0 heterocycles. The molecule has 16 heavy (non-hydrogen) atoms. The largest absolute Gasteiger partial charge is 0.522 e. The zero-order valence-corrected chi connectivity index (χ0v) is 9.52. The Kier molecular flexibility index (Phi) is 9.83. The molecule has 0 aromatic carbocycles. The lowest BCUT2D eigenvalue weighted by atomic mass is 10.2. The maximum Gasteiger partial charge on any atom is 0.522 e. The van der Waals surface area contributed by atoms with Gasteiger partial charge in [-0.3, -0.25) is 4.55 Å². The maximum atomic E-state index is 10.7. The molecule has 5 N–H and O–H groups in total. The van der Waals surface area contributed by atoms with Gasteiger partial charge in [-0.15, -0.1) is 0 Å². The monoisotopic (exact) mass is 266 g/mol. The van der Waals surface area contributed by atoms with E-state index >= 15 is 0 Å². The molecule has 0 radical (unpaired) electrons. The van der Waals surface area contributed by atoms with Gasteiger partial charge in [0.05, 0.1) is 0 Å². The number of hydrogen-bond donors (Lipinski definition) is 3. The molecule has 0 aromatic rings. The molecule has 0 aromatic heterocycles. The van der Waals surface area contributed by atoms with Crippen LogP contribution in [0.1, 0.15) is 25.7 Å². The number of halogens is 3. The number of alkyl halides is 3. The molecule has 0 saturated heterocycles. The second-order valence-electron chi connectivity index (χ2n) is 2.91. The van der Waals surface area contributed by atoms with E-state index in [9.17, 15) is 13.2 Å². The van der Waals surface area contributed by atoms with Crippen LogP contribution in [0.2, 0.25) is 0 Å². The fraction of sp³-hybridized carbons (Fsp3) is 1.00. The zero-order chi connectivity index (χ0) is 13.2. The van der Waals surface area contributed by atoms with Crippen molar-refractivity contribution in [1.29, 1.82) is 0 Å². The summed E-state index contributed by atoms with van der Waals surface area (Å²) >= 11 is 0. The summed E-state index contributed by atoms with van der Waals surface area (Å²) < 4.78 is 57.5. The summed E-state index contributed by atoms with van der Waals surface area (Å²) in [5.74, 6) is 0. The molecule has 5 nitrogen and oxygen atoms in total. The van der Waals surface area contributed by atoms with Crippen molar-refractivity contribution >= 4 is 10.1 Å². The highest BCUT2D eigenvalue weighted by molar-refractivity contribution is 7.86. The summed E-state index contributed by atoms with van der Waals surface area (Å²) in [5.41, 5.74) is 5.02. The van der Waals surface area contributed by atoms with Crippen LogP contribution < -0.4 is 11.5 Å². The summed E-state index contributed by atoms with van der Waals surface area (Å²) in [5, 5.41) is 0. The van der Waals surface area contributed by atoms with Crippen LogP contribution in [0.15, 0.2) is 0 Å². The van der Waals surface area contributed by atoms with E-state index in [1.807, 2.05) is 0 Å². The van der Waals surface area contributed by atoms with E-state index in [2.05, 4.69) is 0 Å². The zero-order valence-electron chi connectivity index (χ0n) is 8.70. The van der Waals surface area contributed by atoms with Crippen LogP contribution >= 0.6 is 0 Å². The van der Waals surface area contributed by atoms with Crippen LogP contribution in [0.25, 0.3) is 0 Å². The number of hydrogen-bond acceptors (Lipinski definition) is 4. The summed E-state index contributed by atoms with van der Waals surface area (Å²) in [6, 6.07) is 0. The first-order valence-corrected chi connectivity index (χ1v) is 6.04. The lowest BCUT2D eigenvalue weighted by Gasteiger charge is -1.97. The van der Waals surface area contributed by atoms with E-state index in [1.165, 1.54) is 12.8 Å². The van der Waals surface area contributed by atoms with Crippen molar-refractivity contribution in [2.75, 3.05) is 13.1 Å². The molecule has 0 aliphatic rings. The minimum absolute atomic E-state index is 0.824. The maximum absolute atomic E-state index is 10.7. The molecule has 0 aliphatic carbocycles. The van der Waals surface area contributed by atoms with Gasteiger partial charge in [-0.05, 0) is 25.9 Å². The number of nitrogens with two attached hydrogens (primary N) is 2. The topological polar surface area (TPSA) is 106 Å². The Bertz CT molecular complexity index is 248. The molecule has 0 aliphatic heterocycles. The van der Waals surface area contributed by atoms with Gasteiger partial charge in [0.2, 0.25) is 0 Å². The standard InChI is InChI=1S/C6H16N2.CHF3O3S/c7-5-3-1-2-4-6-8;2-1(3,4)8(5,6)7/h1-8H2;(H,5,6,7). The third-order valence-corrected chi connectivity index (χ3v) is 2.04. The van der Waals surface area contributed by atoms with Gasteiger partial charge in [-0.25, -0.2) is 0 Å². The molecule has 0 rings (SSSR count). The highest BCUT2D eigenvalue weighted by Gasteiger charge is 2.44. The molecule has 0 amide bonds. The van der Waals surface area contributed by atoms with Gasteiger partial charge in [0.25, 0.3) is 0 Å². The van der Waals surface area contributed by atoms with Crippen LogP contribution in [0.3, 0.4) is 0 Å². The van der Waals surface area contributed by atoms with Crippen molar-refractivity contribution in [2.24, 2.45) is 11.5 Å². The summed E-state index contributed by atoms with van der Waals surface area (Å²) in [7, 11) is -5.84. The van der Waals surface area contributed by atoms with Crippen molar-refractivity contribution < 1.29 is 26.1 Å². The van der Waals surface area contributed by atoms with Gasteiger partial charge in [-0.1, -0.05) is 12.8 Å².